The Morgan fingerprint density at radius 2 is 1.95 bits per heavy atom. The second kappa shape index (κ2) is 6.02. The zero-order chi connectivity index (χ0) is 13.9. The molecular formula is C12H13F3O3S. The number of alkyl halides is 3. The number of hydrogen-bond acceptors (Lipinski definition) is 4. The second-order valence-corrected chi connectivity index (χ2v) is 5.09. The summed E-state index contributed by atoms with van der Waals surface area (Å²) in [6.07, 6.45) is -0.0813. The van der Waals surface area contributed by atoms with E-state index in [4.69, 9.17) is 9.47 Å². The van der Waals surface area contributed by atoms with Gasteiger partial charge in [-0.2, -0.15) is 24.9 Å². The van der Waals surface area contributed by atoms with E-state index < -0.39 is 18.2 Å². The summed E-state index contributed by atoms with van der Waals surface area (Å²) < 4.78 is 52.3. The molecule has 2 heterocycles. The summed E-state index contributed by atoms with van der Waals surface area (Å²) in [7, 11) is 0. The van der Waals surface area contributed by atoms with Crippen molar-refractivity contribution >= 4 is 17.8 Å². The van der Waals surface area contributed by atoms with Gasteiger partial charge in [0.25, 0.3) is 0 Å². The molecule has 0 N–H and O–H groups in total. The maximum absolute atomic E-state index is 12.3. The fraction of sp³-hybridized carbons (Fsp3) is 0.500. The van der Waals surface area contributed by atoms with Gasteiger partial charge in [-0.15, -0.1) is 0 Å². The first-order valence-electron chi connectivity index (χ1n) is 5.60. The van der Waals surface area contributed by atoms with Gasteiger partial charge in [0.15, 0.2) is 6.29 Å². The monoisotopic (exact) mass is 294 g/mol. The van der Waals surface area contributed by atoms with Crippen molar-refractivity contribution in [2.45, 2.75) is 17.7 Å². The molecule has 0 bridgehead atoms. The van der Waals surface area contributed by atoms with E-state index in [2.05, 4.69) is 4.42 Å². The summed E-state index contributed by atoms with van der Waals surface area (Å²) in [5.41, 5.74) is 0. The SMILES string of the molecule is CSC1COC(C=Cc2ccc(C(F)(F)F)o2)OC1. The normalized spacial score (nSPS) is 25.1. The Labute approximate surface area is 112 Å². The van der Waals surface area contributed by atoms with Crippen LogP contribution in [0.5, 0.6) is 0 Å². The third-order valence-electron chi connectivity index (χ3n) is 2.55. The average molecular weight is 294 g/mol. The molecule has 0 aromatic carbocycles. The van der Waals surface area contributed by atoms with E-state index in [1.807, 2.05) is 6.26 Å². The highest BCUT2D eigenvalue weighted by Gasteiger charge is 2.34. The van der Waals surface area contributed by atoms with Crippen LogP contribution >= 0.6 is 11.8 Å². The summed E-state index contributed by atoms with van der Waals surface area (Å²) >= 11 is 1.65. The van der Waals surface area contributed by atoms with Gasteiger partial charge in [-0.25, -0.2) is 0 Å². The predicted octanol–water partition coefficient (Wildman–Crippen LogP) is 3.42. The Bertz CT molecular complexity index is 434. The molecule has 19 heavy (non-hydrogen) atoms. The highest BCUT2D eigenvalue weighted by atomic mass is 32.2. The molecule has 0 aliphatic carbocycles. The van der Waals surface area contributed by atoms with E-state index in [1.165, 1.54) is 18.2 Å². The zero-order valence-corrected chi connectivity index (χ0v) is 11.0. The molecule has 0 radical (unpaired) electrons. The van der Waals surface area contributed by atoms with Crippen LogP contribution < -0.4 is 0 Å². The zero-order valence-electron chi connectivity index (χ0n) is 10.1. The molecule has 1 aliphatic rings. The van der Waals surface area contributed by atoms with Crippen LogP contribution in [-0.4, -0.2) is 31.0 Å². The van der Waals surface area contributed by atoms with Crippen molar-refractivity contribution in [1.82, 2.24) is 0 Å². The van der Waals surface area contributed by atoms with Crippen molar-refractivity contribution in [2.24, 2.45) is 0 Å². The summed E-state index contributed by atoms with van der Waals surface area (Å²) in [6, 6.07) is 2.15. The largest absolute Gasteiger partial charge is 0.452 e. The first-order chi connectivity index (χ1) is 8.99. The summed E-state index contributed by atoms with van der Waals surface area (Å²) in [4.78, 5) is 0. The van der Waals surface area contributed by atoms with Crippen LogP contribution in [0.15, 0.2) is 22.6 Å². The highest BCUT2D eigenvalue weighted by Crippen LogP contribution is 2.31. The number of furan rings is 1. The predicted molar refractivity (Wildman–Crippen MR) is 65.7 cm³/mol. The summed E-state index contributed by atoms with van der Waals surface area (Å²) in [5, 5.41) is 0.296. The highest BCUT2D eigenvalue weighted by molar-refractivity contribution is 7.99. The second-order valence-electron chi connectivity index (χ2n) is 3.95. The van der Waals surface area contributed by atoms with E-state index in [1.54, 1.807) is 11.8 Å². The fourth-order valence-electron chi connectivity index (χ4n) is 1.52. The quantitative estimate of drug-likeness (QED) is 0.855. The van der Waals surface area contributed by atoms with Crippen LogP contribution in [0.4, 0.5) is 13.2 Å². The van der Waals surface area contributed by atoms with Crippen molar-refractivity contribution in [2.75, 3.05) is 19.5 Å². The molecule has 1 aromatic rings. The van der Waals surface area contributed by atoms with Crippen LogP contribution in [0.2, 0.25) is 0 Å². The van der Waals surface area contributed by atoms with Crippen LogP contribution in [0, 0.1) is 0 Å². The van der Waals surface area contributed by atoms with E-state index >= 15 is 0 Å². The van der Waals surface area contributed by atoms with Crippen molar-refractivity contribution in [3.8, 4) is 0 Å². The standard InChI is InChI=1S/C12H13F3O3S/c1-19-9-6-16-11(17-7-9)5-3-8-2-4-10(18-8)12(13,14)15/h2-5,9,11H,6-7H2,1H3. The lowest BCUT2D eigenvalue weighted by Gasteiger charge is -2.26. The van der Waals surface area contributed by atoms with Gasteiger partial charge in [0.05, 0.1) is 18.5 Å². The molecule has 7 heteroatoms. The number of hydrogen-bond donors (Lipinski definition) is 0. The van der Waals surface area contributed by atoms with Gasteiger partial charge < -0.3 is 13.9 Å². The van der Waals surface area contributed by atoms with Crippen molar-refractivity contribution in [3.63, 3.8) is 0 Å². The molecule has 0 atom stereocenters. The van der Waals surface area contributed by atoms with Crippen molar-refractivity contribution in [3.05, 3.63) is 29.7 Å². The Balaban J connectivity index is 1.91. The van der Waals surface area contributed by atoms with E-state index in [-0.39, 0.29) is 5.76 Å². The lowest BCUT2D eigenvalue weighted by molar-refractivity contribution is -0.153. The fourth-order valence-corrected chi connectivity index (χ4v) is 1.95. The maximum Gasteiger partial charge on any atom is 0.449 e. The lowest BCUT2D eigenvalue weighted by atomic mass is 10.3. The molecule has 106 valence electrons. The molecule has 1 aromatic heterocycles. The minimum Gasteiger partial charge on any atom is -0.452 e. The van der Waals surface area contributed by atoms with Crippen LogP contribution in [0.3, 0.4) is 0 Å². The van der Waals surface area contributed by atoms with Crippen LogP contribution in [-0.2, 0) is 15.7 Å². The van der Waals surface area contributed by atoms with Crippen LogP contribution in [0.25, 0.3) is 6.08 Å². The Kier molecular flexibility index (Phi) is 4.59. The smallest absolute Gasteiger partial charge is 0.449 e. The van der Waals surface area contributed by atoms with Gasteiger partial charge in [0, 0.05) is 0 Å². The average Bonchev–Trinajstić information content (AvgIpc) is 2.86. The molecule has 0 amide bonds. The number of halogens is 3. The molecule has 0 unspecified atom stereocenters. The molecule has 0 spiro atoms. The molecule has 2 rings (SSSR count). The molecule has 1 aliphatic heterocycles. The van der Waals surface area contributed by atoms with E-state index in [9.17, 15) is 13.2 Å². The Hall–Kier alpha value is -0.920. The van der Waals surface area contributed by atoms with Crippen molar-refractivity contribution in [1.29, 1.82) is 0 Å². The van der Waals surface area contributed by atoms with E-state index in [0.29, 0.717) is 18.5 Å². The number of thioether (sulfide) groups is 1. The van der Waals surface area contributed by atoms with Crippen molar-refractivity contribution < 1.29 is 27.1 Å². The molecule has 1 fully saturated rings. The van der Waals surface area contributed by atoms with Crippen LogP contribution in [0.1, 0.15) is 11.5 Å². The molecular weight excluding hydrogens is 281 g/mol. The molecule has 3 nitrogen and oxygen atoms in total. The number of ether oxygens (including phenoxy) is 2. The minimum atomic E-state index is -4.46. The van der Waals surface area contributed by atoms with Gasteiger partial charge in [-0.05, 0) is 30.5 Å². The third kappa shape index (κ3) is 4.02. The molecule has 0 saturated carbocycles. The Morgan fingerprint density at radius 3 is 2.47 bits per heavy atom. The Morgan fingerprint density at radius 1 is 1.26 bits per heavy atom. The van der Waals surface area contributed by atoms with Gasteiger partial charge >= 0.3 is 6.18 Å². The van der Waals surface area contributed by atoms with Gasteiger partial charge in [0.1, 0.15) is 5.76 Å². The van der Waals surface area contributed by atoms with E-state index in [0.717, 1.165) is 6.07 Å². The summed E-state index contributed by atoms with van der Waals surface area (Å²) in [5.74, 6) is -0.897. The van der Waals surface area contributed by atoms with Gasteiger partial charge in [0.2, 0.25) is 5.76 Å². The third-order valence-corrected chi connectivity index (χ3v) is 3.49. The van der Waals surface area contributed by atoms with Gasteiger partial charge in [-0.1, -0.05) is 0 Å². The summed E-state index contributed by atoms with van der Waals surface area (Å²) in [6.45, 7) is 1.12. The lowest BCUT2D eigenvalue weighted by Crippen LogP contribution is -2.32. The van der Waals surface area contributed by atoms with Gasteiger partial charge in [-0.3, -0.25) is 0 Å². The minimum absolute atomic E-state index is 0.117. The first-order valence-corrected chi connectivity index (χ1v) is 6.89. The molecule has 1 saturated heterocycles. The maximum atomic E-state index is 12.3. The number of rotatable bonds is 3. The first kappa shape index (κ1) is 14.5. The topological polar surface area (TPSA) is 31.6 Å².